The van der Waals surface area contributed by atoms with Gasteiger partial charge in [0.2, 0.25) is 0 Å². The SMILES string of the molecule is OC(CN(CC1(OC(F)(F)F)CCCCC1)c1cccc(OCc2cccc(C(F)(F)F)c2)c1)C(F)(F)F. The van der Waals surface area contributed by atoms with Gasteiger partial charge in [-0.25, -0.2) is 0 Å². The quantitative estimate of drug-likeness (QED) is 0.329. The molecule has 3 rings (SSSR count). The Morgan fingerprint density at radius 2 is 1.53 bits per heavy atom. The van der Waals surface area contributed by atoms with Crippen molar-refractivity contribution in [3.05, 3.63) is 59.7 Å². The normalized spacial score (nSPS) is 17.2. The summed E-state index contributed by atoms with van der Waals surface area (Å²) in [6.07, 6.45) is -16.2. The van der Waals surface area contributed by atoms with Crippen molar-refractivity contribution >= 4 is 5.69 Å². The molecule has 0 heterocycles. The van der Waals surface area contributed by atoms with Crippen LogP contribution in [0.5, 0.6) is 5.75 Å². The second-order valence-corrected chi connectivity index (χ2v) is 9.21. The van der Waals surface area contributed by atoms with E-state index in [-0.39, 0.29) is 36.4 Å². The highest BCUT2D eigenvalue weighted by Crippen LogP contribution is 2.39. The van der Waals surface area contributed by atoms with Gasteiger partial charge in [-0.15, -0.1) is 13.2 Å². The van der Waals surface area contributed by atoms with Gasteiger partial charge in [0, 0.05) is 18.3 Å². The summed E-state index contributed by atoms with van der Waals surface area (Å²) >= 11 is 0. The maximum atomic E-state index is 13.3. The fourth-order valence-electron chi connectivity index (χ4n) is 4.43. The summed E-state index contributed by atoms with van der Waals surface area (Å²) in [6.45, 7) is -1.96. The van der Waals surface area contributed by atoms with E-state index in [9.17, 15) is 44.6 Å². The summed E-state index contributed by atoms with van der Waals surface area (Å²) in [6, 6.07) is 9.73. The number of aliphatic hydroxyl groups is 1. The van der Waals surface area contributed by atoms with Crippen molar-refractivity contribution < 1.29 is 54.1 Å². The van der Waals surface area contributed by atoms with Gasteiger partial charge in [0.05, 0.1) is 17.7 Å². The molecule has 2 aromatic carbocycles. The molecule has 0 spiro atoms. The standard InChI is InChI=1S/C25H26F9NO3/c26-23(27,28)18-7-4-6-17(12-18)15-37-20-9-5-8-19(13-20)35(14-21(36)24(29,30)31)16-22(38-25(32,33)34)10-2-1-3-11-22/h4-9,12-13,21,36H,1-3,10-11,14-16H2. The Hall–Kier alpha value is -2.67. The Labute approximate surface area is 212 Å². The van der Waals surface area contributed by atoms with Gasteiger partial charge in [-0.05, 0) is 42.7 Å². The molecule has 0 saturated heterocycles. The van der Waals surface area contributed by atoms with Crippen LogP contribution in [0, 0.1) is 0 Å². The van der Waals surface area contributed by atoms with Crippen molar-refractivity contribution in [2.75, 3.05) is 18.0 Å². The summed E-state index contributed by atoms with van der Waals surface area (Å²) in [5, 5.41) is 9.72. The average Bonchev–Trinajstić information content (AvgIpc) is 2.81. The number of hydrogen-bond donors (Lipinski definition) is 1. The van der Waals surface area contributed by atoms with Crippen molar-refractivity contribution in [3.63, 3.8) is 0 Å². The minimum Gasteiger partial charge on any atom is -0.489 e. The smallest absolute Gasteiger partial charge is 0.489 e. The molecule has 212 valence electrons. The zero-order chi connectivity index (χ0) is 28.2. The molecule has 2 aromatic rings. The second kappa shape index (κ2) is 11.6. The minimum atomic E-state index is -5.03. The van der Waals surface area contributed by atoms with Crippen molar-refractivity contribution in [1.82, 2.24) is 0 Å². The molecule has 0 amide bonds. The van der Waals surface area contributed by atoms with Crippen LogP contribution in [0.2, 0.25) is 0 Å². The number of halogens is 9. The van der Waals surface area contributed by atoms with Crippen LogP contribution in [0.1, 0.15) is 43.2 Å². The summed E-state index contributed by atoms with van der Waals surface area (Å²) in [7, 11) is 0. The molecule has 38 heavy (non-hydrogen) atoms. The van der Waals surface area contributed by atoms with Crippen molar-refractivity contribution in [3.8, 4) is 5.75 Å². The third kappa shape index (κ3) is 8.69. The lowest BCUT2D eigenvalue weighted by molar-refractivity contribution is -0.369. The van der Waals surface area contributed by atoms with E-state index >= 15 is 0 Å². The first-order valence-corrected chi connectivity index (χ1v) is 11.7. The van der Waals surface area contributed by atoms with E-state index in [2.05, 4.69) is 4.74 Å². The highest BCUT2D eigenvalue weighted by Gasteiger charge is 2.47. The molecule has 1 aliphatic rings. The number of alkyl halides is 9. The van der Waals surface area contributed by atoms with Gasteiger partial charge in [0.1, 0.15) is 12.4 Å². The minimum absolute atomic E-state index is 0.0190. The fraction of sp³-hybridized carbons (Fsp3) is 0.520. The first-order valence-electron chi connectivity index (χ1n) is 11.7. The summed E-state index contributed by atoms with van der Waals surface area (Å²) in [5.41, 5.74) is -2.52. The molecule has 4 nitrogen and oxygen atoms in total. The van der Waals surface area contributed by atoms with Gasteiger partial charge >= 0.3 is 18.7 Å². The molecule has 1 N–H and O–H groups in total. The molecule has 1 aliphatic carbocycles. The van der Waals surface area contributed by atoms with Crippen molar-refractivity contribution in [2.24, 2.45) is 0 Å². The third-order valence-corrected chi connectivity index (χ3v) is 6.19. The number of ether oxygens (including phenoxy) is 2. The molecule has 1 unspecified atom stereocenters. The molecule has 13 heteroatoms. The number of rotatable bonds is 9. The average molecular weight is 559 g/mol. The second-order valence-electron chi connectivity index (χ2n) is 9.21. The zero-order valence-electron chi connectivity index (χ0n) is 20.0. The van der Waals surface area contributed by atoms with Gasteiger partial charge in [0.25, 0.3) is 0 Å². The number of anilines is 1. The van der Waals surface area contributed by atoms with Gasteiger partial charge in [-0.2, -0.15) is 26.3 Å². The molecule has 0 aliphatic heterocycles. The van der Waals surface area contributed by atoms with Crippen LogP contribution >= 0.6 is 0 Å². The predicted molar refractivity (Wildman–Crippen MR) is 119 cm³/mol. The third-order valence-electron chi connectivity index (χ3n) is 6.19. The van der Waals surface area contributed by atoms with Crippen LogP contribution in [0.4, 0.5) is 45.2 Å². The van der Waals surface area contributed by atoms with E-state index in [1.807, 2.05) is 0 Å². The van der Waals surface area contributed by atoms with Crippen LogP contribution in [0.25, 0.3) is 0 Å². The van der Waals surface area contributed by atoms with Crippen molar-refractivity contribution in [1.29, 1.82) is 0 Å². The van der Waals surface area contributed by atoms with Crippen LogP contribution in [0.15, 0.2) is 48.5 Å². The Kier molecular flexibility index (Phi) is 9.12. The van der Waals surface area contributed by atoms with Crippen LogP contribution in [-0.2, 0) is 17.5 Å². The fourth-order valence-corrected chi connectivity index (χ4v) is 4.43. The molecule has 0 bridgehead atoms. The summed E-state index contributed by atoms with van der Waals surface area (Å²) in [5.74, 6) is 0.0563. The van der Waals surface area contributed by atoms with E-state index in [4.69, 9.17) is 4.74 Å². The Bertz CT molecular complexity index is 1050. The van der Waals surface area contributed by atoms with Gasteiger partial charge in [0.15, 0.2) is 6.10 Å². The molecular weight excluding hydrogens is 533 g/mol. The van der Waals surface area contributed by atoms with E-state index in [1.54, 1.807) is 0 Å². The Balaban J connectivity index is 1.86. The van der Waals surface area contributed by atoms with Crippen LogP contribution in [-0.4, -0.2) is 42.4 Å². The number of aliphatic hydroxyl groups excluding tert-OH is 1. The van der Waals surface area contributed by atoms with Gasteiger partial charge in [-0.3, -0.25) is 4.74 Å². The largest absolute Gasteiger partial charge is 0.523 e. The lowest BCUT2D eigenvalue weighted by atomic mass is 9.84. The summed E-state index contributed by atoms with van der Waals surface area (Å²) in [4.78, 5) is 0.965. The Morgan fingerprint density at radius 1 is 0.868 bits per heavy atom. The van der Waals surface area contributed by atoms with E-state index in [0.717, 1.165) is 17.0 Å². The number of benzene rings is 2. The highest BCUT2D eigenvalue weighted by molar-refractivity contribution is 5.51. The first kappa shape index (κ1) is 29.9. The van der Waals surface area contributed by atoms with Gasteiger partial charge in [-0.1, -0.05) is 37.5 Å². The first-order chi connectivity index (χ1) is 17.6. The maximum Gasteiger partial charge on any atom is 0.523 e. The topological polar surface area (TPSA) is 41.9 Å². The highest BCUT2D eigenvalue weighted by atomic mass is 19.4. The number of nitrogens with zero attached hydrogens (tertiary/aromatic N) is 1. The molecule has 1 saturated carbocycles. The zero-order valence-corrected chi connectivity index (χ0v) is 20.0. The van der Waals surface area contributed by atoms with E-state index in [0.29, 0.717) is 19.3 Å². The number of hydrogen-bond acceptors (Lipinski definition) is 4. The van der Waals surface area contributed by atoms with Crippen molar-refractivity contribution in [2.45, 2.75) is 69.1 Å². The van der Waals surface area contributed by atoms with Crippen LogP contribution < -0.4 is 9.64 Å². The van der Waals surface area contributed by atoms with E-state index in [1.165, 1.54) is 36.4 Å². The predicted octanol–water partition coefficient (Wildman–Crippen LogP) is 7.25. The summed E-state index contributed by atoms with van der Waals surface area (Å²) < 4.78 is 128. The molecule has 0 aromatic heterocycles. The lowest BCUT2D eigenvalue weighted by Crippen LogP contribution is -2.52. The molecule has 1 fully saturated rings. The monoisotopic (exact) mass is 559 g/mol. The van der Waals surface area contributed by atoms with E-state index < -0.39 is 49.1 Å². The van der Waals surface area contributed by atoms with Crippen LogP contribution in [0.3, 0.4) is 0 Å². The molecule has 0 radical (unpaired) electrons. The maximum absolute atomic E-state index is 13.3. The molecular formula is C25H26F9NO3. The van der Waals surface area contributed by atoms with Gasteiger partial charge < -0.3 is 14.7 Å². The Morgan fingerprint density at radius 3 is 2.13 bits per heavy atom. The molecule has 1 atom stereocenters. The lowest BCUT2D eigenvalue weighted by Gasteiger charge is -2.42.